The molecule has 4 nitrogen and oxygen atoms in total. The van der Waals surface area contributed by atoms with Crippen LogP contribution >= 0.6 is 0 Å². The molecule has 0 spiro atoms. The van der Waals surface area contributed by atoms with Crippen LogP contribution in [0.2, 0.25) is 0 Å². The summed E-state index contributed by atoms with van der Waals surface area (Å²) in [5, 5.41) is 0. The van der Waals surface area contributed by atoms with E-state index in [4.69, 9.17) is 4.74 Å². The van der Waals surface area contributed by atoms with E-state index in [1.807, 2.05) is 19.1 Å². The smallest absolute Gasteiger partial charge is 0.305 e. The van der Waals surface area contributed by atoms with Gasteiger partial charge in [0, 0.05) is 38.3 Å². The molecule has 0 unspecified atom stereocenters. The van der Waals surface area contributed by atoms with Crippen LogP contribution in [0.1, 0.15) is 26.2 Å². The molecule has 1 fully saturated rings. The summed E-state index contributed by atoms with van der Waals surface area (Å²) in [6.07, 6.45) is 2.43. The van der Waals surface area contributed by atoms with Crippen molar-refractivity contribution < 1.29 is 13.9 Å². The van der Waals surface area contributed by atoms with Crippen LogP contribution in [-0.2, 0) is 9.53 Å². The lowest BCUT2D eigenvalue weighted by atomic mass is 10.2. The first kappa shape index (κ1) is 16.7. The van der Waals surface area contributed by atoms with Crippen molar-refractivity contribution in [3.8, 4) is 0 Å². The molecule has 1 heterocycles. The maximum atomic E-state index is 12.9. The number of ether oxygens (including phenoxy) is 1. The van der Waals surface area contributed by atoms with Gasteiger partial charge >= 0.3 is 5.97 Å². The third-order valence-corrected chi connectivity index (χ3v) is 3.97. The van der Waals surface area contributed by atoms with E-state index >= 15 is 0 Å². The fraction of sp³-hybridized carbons (Fsp3) is 0.588. The fourth-order valence-electron chi connectivity index (χ4n) is 2.72. The Hall–Kier alpha value is -1.62. The number of hydrogen-bond donors (Lipinski definition) is 0. The lowest BCUT2D eigenvalue weighted by Crippen LogP contribution is -2.46. The SMILES string of the molecule is CCOC(=O)CCCCN1CCN(c2ccc(F)cc2)CC1. The Balaban J connectivity index is 1.63. The van der Waals surface area contributed by atoms with Crippen LogP contribution in [0.25, 0.3) is 0 Å². The molecule has 0 bridgehead atoms. The summed E-state index contributed by atoms with van der Waals surface area (Å²) >= 11 is 0. The van der Waals surface area contributed by atoms with E-state index in [9.17, 15) is 9.18 Å². The molecular weight excluding hydrogens is 283 g/mol. The summed E-state index contributed by atoms with van der Waals surface area (Å²) in [4.78, 5) is 16.0. The highest BCUT2D eigenvalue weighted by atomic mass is 19.1. The summed E-state index contributed by atoms with van der Waals surface area (Å²) in [5.41, 5.74) is 1.09. The number of halogens is 1. The van der Waals surface area contributed by atoms with Crippen molar-refractivity contribution in [1.29, 1.82) is 0 Å². The number of carbonyl (C=O) groups is 1. The highest BCUT2D eigenvalue weighted by Crippen LogP contribution is 2.17. The average molecular weight is 308 g/mol. The molecule has 22 heavy (non-hydrogen) atoms. The van der Waals surface area contributed by atoms with Crippen LogP contribution in [0.15, 0.2) is 24.3 Å². The molecular formula is C17H25FN2O2. The Morgan fingerprint density at radius 3 is 2.45 bits per heavy atom. The highest BCUT2D eigenvalue weighted by Gasteiger charge is 2.16. The van der Waals surface area contributed by atoms with Gasteiger partial charge in [-0.1, -0.05) is 0 Å². The van der Waals surface area contributed by atoms with Crippen LogP contribution in [0.4, 0.5) is 10.1 Å². The topological polar surface area (TPSA) is 32.8 Å². The van der Waals surface area contributed by atoms with Crippen molar-refractivity contribution in [2.24, 2.45) is 0 Å². The number of esters is 1. The summed E-state index contributed by atoms with van der Waals surface area (Å²) in [6, 6.07) is 6.70. The van der Waals surface area contributed by atoms with Gasteiger partial charge in [-0.15, -0.1) is 0 Å². The summed E-state index contributed by atoms with van der Waals surface area (Å²) < 4.78 is 17.9. The van der Waals surface area contributed by atoms with Gasteiger partial charge in [-0.3, -0.25) is 9.69 Å². The molecule has 1 aromatic rings. The normalized spacial score (nSPS) is 15.8. The Morgan fingerprint density at radius 1 is 1.14 bits per heavy atom. The predicted octanol–water partition coefficient (Wildman–Crippen LogP) is 2.68. The number of rotatable bonds is 7. The van der Waals surface area contributed by atoms with Gasteiger partial charge < -0.3 is 9.64 Å². The monoisotopic (exact) mass is 308 g/mol. The maximum Gasteiger partial charge on any atom is 0.305 e. The lowest BCUT2D eigenvalue weighted by molar-refractivity contribution is -0.143. The van der Waals surface area contributed by atoms with Gasteiger partial charge in [0.05, 0.1) is 6.61 Å². The molecule has 2 rings (SSSR count). The second kappa shape index (κ2) is 8.73. The molecule has 5 heteroatoms. The van der Waals surface area contributed by atoms with Gasteiger partial charge in [0.15, 0.2) is 0 Å². The largest absolute Gasteiger partial charge is 0.466 e. The molecule has 1 saturated heterocycles. The molecule has 1 aromatic carbocycles. The highest BCUT2D eigenvalue weighted by molar-refractivity contribution is 5.69. The van der Waals surface area contributed by atoms with E-state index in [0.29, 0.717) is 13.0 Å². The van der Waals surface area contributed by atoms with Gasteiger partial charge in [0.1, 0.15) is 5.82 Å². The first-order valence-corrected chi connectivity index (χ1v) is 8.07. The van der Waals surface area contributed by atoms with Gasteiger partial charge in [-0.25, -0.2) is 4.39 Å². The van der Waals surface area contributed by atoms with Crippen LogP contribution < -0.4 is 4.90 Å². The third kappa shape index (κ3) is 5.30. The second-order valence-electron chi connectivity index (χ2n) is 5.57. The number of carbonyl (C=O) groups excluding carboxylic acids is 1. The Kier molecular flexibility index (Phi) is 6.65. The molecule has 0 saturated carbocycles. The molecule has 0 aromatic heterocycles. The molecule has 0 amide bonds. The number of benzene rings is 1. The number of unbranched alkanes of at least 4 members (excludes halogenated alkanes) is 1. The van der Waals surface area contributed by atoms with E-state index < -0.39 is 0 Å². The standard InChI is InChI=1S/C17H25FN2O2/c1-2-22-17(21)5-3-4-10-19-11-13-20(14-12-19)16-8-6-15(18)7-9-16/h6-9H,2-5,10-14H2,1H3. The van der Waals surface area contributed by atoms with Crippen molar-refractivity contribution in [2.45, 2.75) is 26.2 Å². The molecule has 1 aliphatic rings. The van der Waals surface area contributed by atoms with E-state index in [2.05, 4.69) is 9.80 Å². The van der Waals surface area contributed by atoms with Crippen LogP contribution in [0, 0.1) is 5.82 Å². The molecule has 0 atom stereocenters. The maximum absolute atomic E-state index is 12.9. The van der Waals surface area contributed by atoms with Crippen LogP contribution in [0.3, 0.4) is 0 Å². The zero-order valence-corrected chi connectivity index (χ0v) is 13.3. The minimum Gasteiger partial charge on any atom is -0.466 e. The zero-order chi connectivity index (χ0) is 15.8. The average Bonchev–Trinajstić information content (AvgIpc) is 2.53. The van der Waals surface area contributed by atoms with Crippen molar-refractivity contribution >= 4 is 11.7 Å². The van der Waals surface area contributed by atoms with E-state index in [-0.39, 0.29) is 11.8 Å². The first-order chi connectivity index (χ1) is 10.7. The minimum atomic E-state index is -0.191. The quantitative estimate of drug-likeness (QED) is 0.573. The van der Waals surface area contributed by atoms with Gasteiger partial charge in [0.25, 0.3) is 0 Å². The molecule has 0 aliphatic carbocycles. The van der Waals surface area contributed by atoms with E-state index in [1.165, 1.54) is 12.1 Å². The van der Waals surface area contributed by atoms with Crippen molar-refractivity contribution in [3.63, 3.8) is 0 Å². The summed E-state index contributed by atoms with van der Waals surface area (Å²) in [6.45, 7) is 7.26. The first-order valence-electron chi connectivity index (χ1n) is 8.07. The van der Waals surface area contributed by atoms with Gasteiger partial charge in [0.2, 0.25) is 0 Å². The van der Waals surface area contributed by atoms with Gasteiger partial charge in [-0.2, -0.15) is 0 Å². The molecule has 0 radical (unpaired) electrons. The van der Waals surface area contributed by atoms with E-state index in [1.54, 1.807) is 0 Å². The minimum absolute atomic E-state index is 0.0939. The van der Waals surface area contributed by atoms with E-state index in [0.717, 1.165) is 51.3 Å². The Morgan fingerprint density at radius 2 is 1.82 bits per heavy atom. The predicted molar refractivity (Wildman–Crippen MR) is 85.5 cm³/mol. The number of anilines is 1. The number of piperazine rings is 1. The number of nitrogens with zero attached hydrogens (tertiary/aromatic N) is 2. The van der Waals surface area contributed by atoms with Crippen molar-refractivity contribution in [3.05, 3.63) is 30.1 Å². The van der Waals surface area contributed by atoms with Gasteiger partial charge in [-0.05, 0) is 50.6 Å². The Labute approximate surface area is 131 Å². The second-order valence-corrected chi connectivity index (χ2v) is 5.57. The number of hydrogen-bond acceptors (Lipinski definition) is 4. The van der Waals surface area contributed by atoms with Crippen molar-refractivity contribution in [2.75, 3.05) is 44.2 Å². The van der Waals surface area contributed by atoms with Crippen molar-refractivity contribution in [1.82, 2.24) is 4.90 Å². The summed E-state index contributed by atoms with van der Waals surface area (Å²) in [7, 11) is 0. The zero-order valence-electron chi connectivity index (χ0n) is 13.3. The lowest BCUT2D eigenvalue weighted by Gasteiger charge is -2.36. The summed E-state index contributed by atoms with van der Waals surface area (Å²) in [5.74, 6) is -0.285. The molecule has 0 N–H and O–H groups in total. The van der Waals surface area contributed by atoms with Crippen LogP contribution in [-0.4, -0.2) is 50.2 Å². The third-order valence-electron chi connectivity index (χ3n) is 3.97. The van der Waals surface area contributed by atoms with Crippen LogP contribution in [0.5, 0.6) is 0 Å². The Bertz CT molecular complexity index is 456. The molecule has 1 aliphatic heterocycles. The fourth-order valence-corrected chi connectivity index (χ4v) is 2.72. The molecule has 122 valence electrons.